The second-order valence-electron chi connectivity index (χ2n) is 7.39. The molecule has 1 amide bonds. The van der Waals surface area contributed by atoms with Gasteiger partial charge < -0.3 is 20.1 Å². The lowest BCUT2D eigenvalue weighted by Gasteiger charge is -2.20. The van der Waals surface area contributed by atoms with Crippen molar-refractivity contribution < 1.29 is 14.3 Å². The lowest BCUT2D eigenvalue weighted by Crippen LogP contribution is -2.38. The lowest BCUT2D eigenvalue weighted by atomic mass is 10.2. The first-order chi connectivity index (χ1) is 16.0. The van der Waals surface area contributed by atoms with Crippen LogP contribution in [0.4, 0.5) is 11.5 Å². The summed E-state index contributed by atoms with van der Waals surface area (Å²) >= 11 is 0. The topological polar surface area (TPSA) is 114 Å². The Bertz CT molecular complexity index is 1160. The van der Waals surface area contributed by atoms with E-state index in [0.717, 1.165) is 11.1 Å². The van der Waals surface area contributed by atoms with Crippen LogP contribution in [0.5, 0.6) is 0 Å². The maximum absolute atomic E-state index is 12.9. The minimum Gasteiger partial charge on any atom is -0.383 e. The molecule has 2 aromatic carbocycles. The van der Waals surface area contributed by atoms with Crippen molar-refractivity contribution in [3.63, 3.8) is 0 Å². The normalized spacial score (nSPS) is 11.7. The number of rotatable bonds is 11. The van der Waals surface area contributed by atoms with Gasteiger partial charge in [0.15, 0.2) is 0 Å². The molecule has 3 rings (SSSR count). The maximum atomic E-state index is 12.9. The molecule has 3 aromatic rings. The molecule has 0 aliphatic rings. The van der Waals surface area contributed by atoms with Crippen molar-refractivity contribution in [2.45, 2.75) is 32.7 Å². The fourth-order valence-corrected chi connectivity index (χ4v) is 3.14. The van der Waals surface area contributed by atoms with E-state index in [1.165, 1.54) is 11.7 Å². The van der Waals surface area contributed by atoms with E-state index in [1.807, 2.05) is 60.7 Å². The third kappa shape index (κ3) is 6.64. The second-order valence-corrected chi connectivity index (χ2v) is 7.39. The molecular formula is C24H28N4O5. The molecule has 1 atom stereocenters. The number of ether oxygens (including phenoxy) is 2. The molecule has 1 heterocycles. The number of nitrogens with zero attached hydrogens (tertiary/aromatic N) is 1. The van der Waals surface area contributed by atoms with Crippen LogP contribution in [0.25, 0.3) is 0 Å². The van der Waals surface area contributed by atoms with E-state index in [-0.39, 0.29) is 31.3 Å². The minimum atomic E-state index is -0.822. The van der Waals surface area contributed by atoms with E-state index in [2.05, 4.69) is 15.6 Å². The number of anilines is 2. The first kappa shape index (κ1) is 24.0. The molecule has 0 fully saturated rings. The summed E-state index contributed by atoms with van der Waals surface area (Å²) in [6, 6.07) is 18.9. The molecule has 0 saturated carbocycles. The molecule has 0 aliphatic carbocycles. The van der Waals surface area contributed by atoms with E-state index in [4.69, 9.17) is 9.47 Å². The summed E-state index contributed by atoms with van der Waals surface area (Å²) in [4.78, 5) is 40.3. The van der Waals surface area contributed by atoms with Gasteiger partial charge in [0.05, 0.1) is 19.8 Å². The number of aromatic amines is 1. The SMILES string of the molecule is COCCn1c(NC(=O)C(C)OCc2ccccc2)c(NCc2ccccc2)c(=O)[nH]c1=O. The zero-order valence-electron chi connectivity index (χ0n) is 18.7. The molecule has 0 spiro atoms. The highest BCUT2D eigenvalue weighted by Gasteiger charge is 2.21. The summed E-state index contributed by atoms with van der Waals surface area (Å²) in [5, 5.41) is 5.75. The monoisotopic (exact) mass is 452 g/mol. The lowest BCUT2D eigenvalue weighted by molar-refractivity contribution is -0.127. The molecule has 33 heavy (non-hydrogen) atoms. The molecule has 3 N–H and O–H groups in total. The van der Waals surface area contributed by atoms with Crippen molar-refractivity contribution >= 4 is 17.4 Å². The van der Waals surface area contributed by atoms with E-state index in [9.17, 15) is 14.4 Å². The van der Waals surface area contributed by atoms with Gasteiger partial charge in [0.2, 0.25) is 0 Å². The zero-order valence-corrected chi connectivity index (χ0v) is 18.7. The number of carbonyl (C=O) groups is 1. The van der Waals surface area contributed by atoms with E-state index in [0.29, 0.717) is 6.54 Å². The summed E-state index contributed by atoms with van der Waals surface area (Å²) in [6.07, 6.45) is -0.822. The van der Waals surface area contributed by atoms with Crippen molar-refractivity contribution in [3.8, 4) is 0 Å². The van der Waals surface area contributed by atoms with Crippen LogP contribution >= 0.6 is 0 Å². The Morgan fingerprint density at radius 3 is 2.30 bits per heavy atom. The summed E-state index contributed by atoms with van der Waals surface area (Å²) in [5.41, 5.74) is 0.672. The highest BCUT2D eigenvalue weighted by molar-refractivity contribution is 5.95. The average Bonchev–Trinajstić information content (AvgIpc) is 2.83. The third-order valence-electron chi connectivity index (χ3n) is 4.98. The van der Waals surface area contributed by atoms with Crippen LogP contribution in [-0.4, -0.2) is 35.3 Å². The Morgan fingerprint density at radius 2 is 1.67 bits per heavy atom. The van der Waals surface area contributed by atoms with E-state index >= 15 is 0 Å². The van der Waals surface area contributed by atoms with Gasteiger partial charge in [-0.2, -0.15) is 0 Å². The van der Waals surface area contributed by atoms with Gasteiger partial charge in [0.25, 0.3) is 11.5 Å². The zero-order chi connectivity index (χ0) is 23.6. The Labute approximate surface area is 191 Å². The highest BCUT2D eigenvalue weighted by Crippen LogP contribution is 2.17. The molecule has 174 valence electrons. The summed E-state index contributed by atoms with van der Waals surface area (Å²) in [5.74, 6) is -0.415. The van der Waals surface area contributed by atoms with Crippen LogP contribution in [0, 0.1) is 0 Å². The summed E-state index contributed by atoms with van der Waals surface area (Å²) < 4.78 is 12.0. The van der Waals surface area contributed by atoms with Gasteiger partial charge >= 0.3 is 5.69 Å². The van der Waals surface area contributed by atoms with Gasteiger partial charge in [0, 0.05) is 13.7 Å². The van der Waals surface area contributed by atoms with E-state index < -0.39 is 23.3 Å². The number of aromatic nitrogens is 2. The summed E-state index contributed by atoms with van der Waals surface area (Å²) in [7, 11) is 1.50. The van der Waals surface area contributed by atoms with Crippen molar-refractivity contribution in [1.29, 1.82) is 0 Å². The molecular weight excluding hydrogens is 424 g/mol. The van der Waals surface area contributed by atoms with Gasteiger partial charge in [-0.25, -0.2) is 4.79 Å². The average molecular weight is 453 g/mol. The van der Waals surface area contributed by atoms with Gasteiger partial charge in [-0.3, -0.25) is 19.1 Å². The van der Waals surface area contributed by atoms with E-state index in [1.54, 1.807) is 6.92 Å². The number of amides is 1. The molecule has 0 bridgehead atoms. The van der Waals surface area contributed by atoms with Crippen LogP contribution < -0.4 is 21.9 Å². The predicted octanol–water partition coefficient (Wildman–Crippen LogP) is 2.34. The van der Waals surface area contributed by atoms with Crippen LogP contribution in [0.15, 0.2) is 70.3 Å². The number of hydrogen-bond donors (Lipinski definition) is 3. The Morgan fingerprint density at radius 1 is 1.03 bits per heavy atom. The van der Waals surface area contributed by atoms with Gasteiger partial charge in [0.1, 0.15) is 17.6 Å². The predicted molar refractivity (Wildman–Crippen MR) is 126 cm³/mol. The van der Waals surface area contributed by atoms with Crippen molar-refractivity contribution in [2.24, 2.45) is 0 Å². The molecule has 0 aliphatic heterocycles. The highest BCUT2D eigenvalue weighted by atomic mass is 16.5. The number of hydrogen-bond acceptors (Lipinski definition) is 6. The van der Waals surface area contributed by atoms with Crippen LogP contribution in [0.2, 0.25) is 0 Å². The Hall–Kier alpha value is -3.69. The van der Waals surface area contributed by atoms with Crippen molar-refractivity contribution in [1.82, 2.24) is 9.55 Å². The third-order valence-corrected chi connectivity index (χ3v) is 4.98. The van der Waals surface area contributed by atoms with Crippen molar-refractivity contribution in [3.05, 3.63) is 92.6 Å². The van der Waals surface area contributed by atoms with Gasteiger partial charge in [-0.15, -0.1) is 0 Å². The molecule has 1 aromatic heterocycles. The van der Waals surface area contributed by atoms with Gasteiger partial charge in [-0.1, -0.05) is 60.7 Å². The quantitative estimate of drug-likeness (QED) is 0.411. The van der Waals surface area contributed by atoms with Crippen LogP contribution in [0.1, 0.15) is 18.1 Å². The fourth-order valence-electron chi connectivity index (χ4n) is 3.14. The molecule has 9 heteroatoms. The standard InChI is InChI=1S/C24H28N4O5/c1-17(33-16-19-11-7-4-8-12-19)22(29)26-21-20(25-15-18-9-5-3-6-10-18)23(30)27-24(31)28(21)13-14-32-2/h3-12,17,25H,13-16H2,1-2H3,(H,26,29)(H,27,30,31). The Kier molecular flexibility index (Phi) is 8.56. The number of H-pyrrole nitrogens is 1. The minimum absolute atomic E-state index is 0.0666. The van der Waals surface area contributed by atoms with Crippen LogP contribution in [0.3, 0.4) is 0 Å². The summed E-state index contributed by atoms with van der Waals surface area (Å²) in [6.45, 7) is 2.55. The number of benzene rings is 2. The fraction of sp³-hybridized carbons (Fsp3) is 0.292. The first-order valence-corrected chi connectivity index (χ1v) is 10.6. The molecule has 9 nitrogen and oxygen atoms in total. The largest absolute Gasteiger partial charge is 0.383 e. The molecule has 0 radical (unpaired) electrons. The van der Waals surface area contributed by atoms with Crippen molar-refractivity contribution in [2.75, 3.05) is 24.4 Å². The van der Waals surface area contributed by atoms with Crippen LogP contribution in [-0.2, 0) is 34.0 Å². The Balaban J connectivity index is 1.83. The molecule has 1 unspecified atom stereocenters. The van der Waals surface area contributed by atoms with Gasteiger partial charge in [-0.05, 0) is 18.1 Å². The smallest absolute Gasteiger partial charge is 0.330 e. The number of carbonyl (C=O) groups excluding carboxylic acids is 1. The second kappa shape index (κ2) is 11.8. The number of nitrogens with one attached hydrogen (secondary N) is 3. The number of methoxy groups -OCH3 is 1. The molecule has 0 saturated heterocycles. The first-order valence-electron chi connectivity index (χ1n) is 10.6. The maximum Gasteiger partial charge on any atom is 0.330 e.